The van der Waals surface area contributed by atoms with Crippen LogP contribution in [0.4, 0.5) is 0 Å². The van der Waals surface area contributed by atoms with Crippen molar-refractivity contribution in [3.05, 3.63) is 42.0 Å². The lowest BCUT2D eigenvalue weighted by atomic mass is 9.99. The maximum Gasteiger partial charge on any atom is 0.119 e. The van der Waals surface area contributed by atoms with Crippen LogP contribution in [-0.2, 0) is 6.42 Å². The van der Waals surface area contributed by atoms with E-state index in [1.807, 2.05) is 6.07 Å². The molecule has 0 fully saturated rings. The molecule has 2 aromatic rings. The van der Waals surface area contributed by atoms with Crippen molar-refractivity contribution >= 4 is 10.8 Å². The molecule has 0 saturated carbocycles. The zero-order valence-electron chi connectivity index (χ0n) is 13.5. The van der Waals surface area contributed by atoms with Crippen LogP contribution in [0.15, 0.2) is 36.4 Å². The Bertz CT molecular complexity index is 564. The molecular weight excluding hydrogens is 258 g/mol. The second kappa shape index (κ2) is 8.04. The van der Waals surface area contributed by atoms with Crippen LogP contribution < -0.4 is 10.1 Å². The molecule has 2 rings (SSSR count). The number of benzene rings is 2. The zero-order valence-corrected chi connectivity index (χ0v) is 13.5. The molecule has 1 N–H and O–H groups in total. The van der Waals surface area contributed by atoms with Gasteiger partial charge in [-0.1, -0.05) is 44.5 Å². The Hall–Kier alpha value is -1.54. The highest BCUT2D eigenvalue weighted by atomic mass is 16.5. The summed E-state index contributed by atoms with van der Waals surface area (Å²) in [7, 11) is 1.71. The molecule has 0 aromatic heterocycles. The van der Waals surface area contributed by atoms with E-state index in [0.717, 1.165) is 18.7 Å². The molecule has 114 valence electrons. The predicted octanol–water partition coefficient (Wildman–Crippen LogP) is 4.56. The van der Waals surface area contributed by atoms with Crippen molar-refractivity contribution < 1.29 is 4.74 Å². The van der Waals surface area contributed by atoms with Crippen molar-refractivity contribution in [3.8, 4) is 5.75 Å². The Morgan fingerprint density at radius 1 is 1.00 bits per heavy atom. The van der Waals surface area contributed by atoms with E-state index in [0.29, 0.717) is 6.04 Å². The maximum atomic E-state index is 5.28. The van der Waals surface area contributed by atoms with Crippen molar-refractivity contribution in [1.29, 1.82) is 0 Å². The molecule has 2 heteroatoms. The smallest absolute Gasteiger partial charge is 0.119 e. The number of nitrogens with one attached hydrogen (secondary N) is 1. The van der Waals surface area contributed by atoms with E-state index >= 15 is 0 Å². The first kappa shape index (κ1) is 15.8. The lowest BCUT2D eigenvalue weighted by molar-refractivity contribution is 0.415. The molecule has 2 nitrogen and oxygen atoms in total. The monoisotopic (exact) mass is 285 g/mol. The first-order chi connectivity index (χ1) is 10.3. The van der Waals surface area contributed by atoms with E-state index in [1.54, 1.807) is 7.11 Å². The van der Waals surface area contributed by atoms with Gasteiger partial charge in [-0.15, -0.1) is 0 Å². The Kier molecular flexibility index (Phi) is 6.06. The first-order valence-electron chi connectivity index (χ1n) is 8.06. The van der Waals surface area contributed by atoms with E-state index in [4.69, 9.17) is 4.74 Å². The molecule has 0 heterocycles. The van der Waals surface area contributed by atoms with Gasteiger partial charge in [0.25, 0.3) is 0 Å². The first-order valence-corrected chi connectivity index (χ1v) is 8.06. The predicted molar refractivity (Wildman–Crippen MR) is 91.2 cm³/mol. The second-order valence-electron chi connectivity index (χ2n) is 5.69. The highest BCUT2D eigenvalue weighted by molar-refractivity contribution is 5.84. The minimum absolute atomic E-state index is 0.589. The van der Waals surface area contributed by atoms with Crippen LogP contribution >= 0.6 is 0 Å². The van der Waals surface area contributed by atoms with E-state index in [-0.39, 0.29) is 0 Å². The van der Waals surface area contributed by atoms with Crippen LogP contribution in [0.25, 0.3) is 10.8 Å². The lowest BCUT2D eigenvalue weighted by Crippen LogP contribution is -2.31. The minimum Gasteiger partial charge on any atom is -0.497 e. The third kappa shape index (κ3) is 4.47. The fraction of sp³-hybridized carbons (Fsp3) is 0.474. The van der Waals surface area contributed by atoms with Crippen LogP contribution in [0.1, 0.15) is 38.7 Å². The van der Waals surface area contributed by atoms with Crippen LogP contribution in [0, 0.1) is 0 Å². The van der Waals surface area contributed by atoms with Gasteiger partial charge in [0.05, 0.1) is 7.11 Å². The topological polar surface area (TPSA) is 21.3 Å². The number of hydrogen-bond acceptors (Lipinski definition) is 2. The summed E-state index contributed by atoms with van der Waals surface area (Å²) in [6, 6.07) is 13.6. The van der Waals surface area contributed by atoms with Gasteiger partial charge in [0, 0.05) is 6.04 Å². The molecule has 21 heavy (non-hydrogen) atoms. The summed E-state index contributed by atoms with van der Waals surface area (Å²) in [6.45, 7) is 5.59. The largest absolute Gasteiger partial charge is 0.497 e. The fourth-order valence-corrected chi connectivity index (χ4v) is 2.78. The van der Waals surface area contributed by atoms with Crippen LogP contribution in [0.3, 0.4) is 0 Å². The molecule has 0 bridgehead atoms. The Morgan fingerprint density at radius 3 is 2.48 bits per heavy atom. The minimum atomic E-state index is 0.589. The van der Waals surface area contributed by atoms with Gasteiger partial charge in [0.2, 0.25) is 0 Å². The van der Waals surface area contributed by atoms with Gasteiger partial charge in [-0.05, 0) is 54.3 Å². The third-order valence-corrected chi connectivity index (χ3v) is 3.91. The maximum absolute atomic E-state index is 5.28. The molecule has 0 amide bonds. The number of ether oxygens (including phenoxy) is 1. The summed E-state index contributed by atoms with van der Waals surface area (Å²) in [4.78, 5) is 0. The molecular formula is C19H27NO. The lowest BCUT2D eigenvalue weighted by Gasteiger charge is -2.18. The summed E-state index contributed by atoms with van der Waals surface area (Å²) in [6.07, 6.45) is 4.76. The summed E-state index contributed by atoms with van der Waals surface area (Å²) in [5.74, 6) is 0.920. The number of fused-ring (bicyclic) bond motifs is 1. The molecule has 2 aromatic carbocycles. The van der Waals surface area contributed by atoms with Crippen LogP contribution in [0.2, 0.25) is 0 Å². The summed E-state index contributed by atoms with van der Waals surface area (Å²) in [5.41, 5.74) is 1.41. The third-order valence-electron chi connectivity index (χ3n) is 3.91. The summed E-state index contributed by atoms with van der Waals surface area (Å²) >= 11 is 0. The Balaban J connectivity index is 2.13. The molecule has 1 atom stereocenters. The zero-order chi connectivity index (χ0) is 15.1. The summed E-state index contributed by atoms with van der Waals surface area (Å²) < 4.78 is 5.28. The Morgan fingerprint density at radius 2 is 1.76 bits per heavy atom. The highest BCUT2D eigenvalue weighted by Crippen LogP contribution is 2.22. The van der Waals surface area contributed by atoms with E-state index in [2.05, 4.69) is 49.5 Å². The number of rotatable bonds is 8. The average Bonchev–Trinajstić information content (AvgIpc) is 2.52. The van der Waals surface area contributed by atoms with Crippen LogP contribution in [0.5, 0.6) is 5.75 Å². The molecule has 1 unspecified atom stereocenters. The molecule has 0 spiro atoms. The molecule has 0 aliphatic rings. The van der Waals surface area contributed by atoms with Gasteiger partial charge in [-0.2, -0.15) is 0 Å². The highest BCUT2D eigenvalue weighted by Gasteiger charge is 2.08. The normalized spacial score (nSPS) is 12.5. The molecule has 0 radical (unpaired) electrons. The molecule has 0 aliphatic heterocycles. The molecule has 0 saturated heterocycles. The van der Waals surface area contributed by atoms with Crippen molar-refractivity contribution in [1.82, 2.24) is 5.32 Å². The van der Waals surface area contributed by atoms with Gasteiger partial charge in [-0.25, -0.2) is 0 Å². The number of methoxy groups -OCH3 is 1. The second-order valence-corrected chi connectivity index (χ2v) is 5.69. The van der Waals surface area contributed by atoms with Crippen LogP contribution in [-0.4, -0.2) is 19.7 Å². The number of hydrogen-bond donors (Lipinski definition) is 1. The van der Waals surface area contributed by atoms with Crippen molar-refractivity contribution in [2.45, 2.75) is 45.6 Å². The molecule has 0 aliphatic carbocycles. The fourth-order valence-electron chi connectivity index (χ4n) is 2.78. The van der Waals surface area contributed by atoms with E-state index in [9.17, 15) is 0 Å². The van der Waals surface area contributed by atoms with Gasteiger partial charge >= 0.3 is 0 Å². The van der Waals surface area contributed by atoms with Crippen molar-refractivity contribution in [2.75, 3.05) is 13.7 Å². The van der Waals surface area contributed by atoms with Gasteiger partial charge < -0.3 is 10.1 Å². The SMILES string of the molecule is CCCNC(CCC)Cc1ccc2cc(OC)ccc2c1. The Labute approximate surface area is 128 Å². The van der Waals surface area contributed by atoms with Gasteiger partial charge in [0.1, 0.15) is 5.75 Å². The van der Waals surface area contributed by atoms with Gasteiger partial charge in [-0.3, -0.25) is 0 Å². The standard InChI is InChI=1S/C19H27NO/c1-4-6-18(20-11-5-2)13-15-7-8-17-14-19(21-3)10-9-16(17)12-15/h7-10,12,14,18,20H,4-6,11,13H2,1-3H3. The summed E-state index contributed by atoms with van der Waals surface area (Å²) in [5, 5.41) is 6.20. The average molecular weight is 285 g/mol. The van der Waals surface area contributed by atoms with Crippen molar-refractivity contribution in [2.24, 2.45) is 0 Å². The van der Waals surface area contributed by atoms with E-state index in [1.165, 1.54) is 35.6 Å². The van der Waals surface area contributed by atoms with E-state index < -0.39 is 0 Å². The van der Waals surface area contributed by atoms with Gasteiger partial charge in [0.15, 0.2) is 0 Å². The quantitative estimate of drug-likeness (QED) is 0.767. The van der Waals surface area contributed by atoms with Crippen molar-refractivity contribution in [3.63, 3.8) is 0 Å².